The van der Waals surface area contributed by atoms with E-state index < -0.39 is 0 Å². The van der Waals surface area contributed by atoms with Gasteiger partial charge in [-0.15, -0.1) is 11.3 Å². The van der Waals surface area contributed by atoms with Gasteiger partial charge in [0.05, 0.1) is 23.3 Å². The molecule has 0 saturated carbocycles. The molecule has 5 heteroatoms. The number of nitrogens with one attached hydrogen (secondary N) is 1. The molecular formula is C16H15N3OS. The van der Waals surface area contributed by atoms with Crippen LogP contribution < -0.4 is 5.32 Å². The highest BCUT2D eigenvalue weighted by Gasteiger charge is 2.16. The number of amides is 1. The van der Waals surface area contributed by atoms with E-state index >= 15 is 0 Å². The molecule has 1 amide bonds. The smallest absolute Gasteiger partial charge is 0.253 e. The first-order valence-corrected chi connectivity index (χ1v) is 7.57. The van der Waals surface area contributed by atoms with Crippen molar-refractivity contribution in [3.8, 4) is 0 Å². The van der Waals surface area contributed by atoms with Gasteiger partial charge in [-0.2, -0.15) is 0 Å². The molecule has 0 bridgehead atoms. The first-order chi connectivity index (χ1) is 10.2. The SMILES string of the molecule is Cc1nc2ccccc2c(C)c1C(=O)NCc1nccs1. The maximum atomic E-state index is 12.5. The summed E-state index contributed by atoms with van der Waals surface area (Å²) < 4.78 is 0. The molecule has 0 radical (unpaired) electrons. The number of fused-ring (bicyclic) bond motifs is 1. The quantitative estimate of drug-likeness (QED) is 0.807. The van der Waals surface area contributed by atoms with Crippen LogP contribution in [0, 0.1) is 13.8 Å². The maximum absolute atomic E-state index is 12.5. The van der Waals surface area contributed by atoms with Gasteiger partial charge in [-0.1, -0.05) is 18.2 Å². The lowest BCUT2D eigenvalue weighted by atomic mass is 10.0. The molecular weight excluding hydrogens is 282 g/mol. The lowest BCUT2D eigenvalue weighted by molar-refractivity contribution is 0.0949. The fourth-order valence-corrected chi connectivity index (χ4v) is 3.01. The fourth-order valence-electron chi connectivity index (χ4n) is 2.45. The van der Waals surface area contributed by atoms with E-state index in [0.29, 0.717) is 12.1 Å². The summed E-state index contributed by atoms with van der Waals surface area (Å²) in [6.07, 6.45) is 1.74. The van der Waals surface area contributed by atoms with Crippen molar-refractivity contribution in [1.82, 2.24) is 15.3 Å². The van der Waals surface area contributed by atoms with E-state index in [0.717, 1.165) is 27.2 Å². The molecule has 0 saturated heterocycles. The lowest BCUT2D eigenvalue weighted by Crippen LogP contribution is -2.25. The van der Waals surface area contributed by atoms with Gasteiger partial charge >= 0.3 is 0 Å². The molecule has 0 unspecified atom stereocenters. The standard InChI is InChI=1S/C16H15N3OS/c1-10-12-5-3-4-6-13(12)19-11(2)15(10)16(20)18-9-14-17-7-8-21-14/h3-8H,9H2,1-2H3,(H,18,20). The summed E-state index contributed by atoms with van der Waals surface area (Å²) in [5.41, 5.74) is 3.30. The number of thiazole rings is 1. The molecule has 3 aromatic rings. The van der Waals surface area contributed by atoms with Crippen molar-refractivity contribution >= 4 is 28.1 Å². The van der Waals surface area contributed by atoms with Gasteiger partial charge in [-0.3, -0.25) is 9.78 Å². The minimum atomic E-state index is -0.0987. The third kappa shape index (κ3) is 2.64. The zero-order chi connectivity index (χ0) is 14.8. The summed E-state index contributed by atoms with van der Waals surface area (Å²) in [5.74, 6) is -0.0987. The third-order valence-electron chi connectivity index (χ3n) is 3.44. The third-order valence-corrected chi connectivity index (χ3v) is 4.22. The predicted octanol–water partition coefficient (Wildman–Crippen LogP) is 3.24. The number of carbonyl (C=O) groups is 1. The molecule has 0 aliphatic rings. The molecule has 0 aliphatic carbocycles. The molecule has 4 nitrogen and oxygen atoms in total. The average molecular weight is 297 g/mol. The Labute approximate surface area is 126 Å². The molecule has 1 aromatic carbocycles. The van der Waals surface area contributed by atoms with E-state index in [1.165, 1.54) is 11.3 Å². The molecule has 0 atom stereocenters. The van der Waals surface area contributed by atoms with E-state index in [1.54, 1.807) is 6.20 Å². The highest BCUT2D eigenvalue weighted by Crippen LogP contribution is 2.22. The van der Waals surface area contributed by atoms with Gasteiger partial charge < -0.3 is 5.32 Å². The molecule has 3 rings (SSSR count). The summed E-state index contributed by atoms with van der Waals surface area (Å²) in [7, 11) is 0. The molecule has 0 fully saturated rings. The number of aromatic nitrogens is 2. The second-order valence-electron chi connectivity index (χ2n) is 4.82. The minimum Gasteiger partial charge on any atom is -0.345 e. The zero-order valence-corrected chi connectivity index (χ0v) is 12.7. The molecule has 106 valence electrons. The summed E-state index contributed by atoms with van der Waals surface area (Å²) in [5, 5.41) is 6.73. The molecule has 0 aliphatic heterocycles. The Morgan fingerprint density at radius 2 is 2.10 bits per heavy atom. The lowest BCUT2D eigenvalue weighted by Gasteiger charge is -2.12. The molecule has 2 aromatic heterocycles. The van der Waals surface area contributed by atoms with Crippen molar-refractivity contribution in [3.63, 3.8) is 0 Å². The van der Waals surface area contributed by atoms with Gasteiger partial charge in [0, 0.05) is 17.0 Å². The van der Waals surface area contributed by atoms with Crippen LogP contribution in [0.3, 0.4) is 0 Å². The minimum absolute atomic E-state index is 0.0987. The number of rotatable bonds is 3. The van der Waals surface area contributed by atoms with Crippen LogP contribution in [0.2, 0.25) is 0 Å². The van der Waals surface area contributed by atoms with Crippen molar-refractivity contribution in [2.45, 2.75) is 20.4 Å². The Kier molecular flexibility index (Phi) is 3.66. The zero-order valence-electron chi connectivity index (χ0n) is 11.9. The maximum Gasteiger partial charge on any atom is 0.253 e. The Morgan fingerprint density at radius 1 is 1.29 bits per heavy atom. The molecule has 2 heterocycles. The second-order valence-corrected chi connectivity index (χ2v) is 5.80. The van der Waals surface area contributed by atoms with Crippen LogP contribution in [-0.4, -0.2) is 15.9 Å². The van der Waals surface area contributed by atoms with Crippen molar-refractivity contribution in [2.75, 3.05) is 0 Å². The highest BCUT2D eigenvalue weighted by atomic mass is 32.1. The van der Waals surface area contributed by atoms with E-state index in [-0.39, 0.29) is 5.91 Å². The van der Waals surface area contributed by atoms with Gasteiger partial charge in [0.25, 0.3) is 5.91 Å². The molecule has 0 spiro atoms. The van der Waals surface area contributed by atoms with Gasteiger partial charge in [0.15, 0.2) is 0 Å². The molecule has 21 heavy (non-hydrogen) atoms. The summed E-state index contributed by atoms with van der Waals surface area (Å²) in [6, 6.07) is 7.88. The topological polar surface area (TPSA) is 54.9 Å². The first kappa shape index (κ1) is 13.7. The number of carbonyl (C=O) groups excluding carboxylic acids is 1. The number of hydrogen-bond donors (Lipinski definition) is 1. The van der Waals surface area contributed by atoms with Crippen molar-refractivity contribution < 1.29 is 4.79 Å². The van der Waals surface area contributed by atoms with E-state index in [9.17, 15) is 4.79 Å². The van der Waals surface area contributed by atoms with Crippen LogP contribution in [0.4, 0.5) is 0 Å². The van der Waals surface area contributed by atoms with Crippen molar-refractivity contribution in [2.24, 2.45) is 0 Å². The molecule has 1 N–H and O–H groups in total. The number of aryl methyl sites for hydroxylation is 2. The Hall–Kier alpha value is -2.27. The normalized spacial score (nSPS) is 10.8. The largest absolute Gasteiger partial charge is 0.345 e. The summed E-state index contributed by atoms with van der Waals surface area (Å²) in [4.78, 5) is 21.1. The van der Waals surface area contributed by atoms with Crippen molar-refractivity contribution in [3.05, 3.63) is 57.7 Å². The number of pyridine rings is 1. The Bertz CT molecular complexity index is 797. The first-order valence-electron chi connectivity index (χ1n) is 6.69. The van der Waals surface area contributed by atoms with E-state index in [1.807, 2.05) is 43.5 Å². The van der Waals surface area contributed by atoms with Gasteiger partial charge in [0.2, 0.25) is 0 Å². The van der Waals surface area contributed by atoms with Crippen LogP contribution in [0.15, 0.2) is 35.8 Å². The number of nitrogens with zero attached hydrogens (tertiary/aromatic N) is 2. The van der Waals surface area contributed by atoms with Crippen LogP contribution >= 0.6 is 11.3 Å². The van der Waals surface area contributed by atoms with Gasteiger partial charge in [0.1, 0.15) is 5.01 Å². The monoisotopic (exact) mass is 297 g/mol. The Morgan fingerprint density at radius 3 is 2.86 bits per heavy atom. The van der Waals surface area contributed by atoms with Crippen LogP contribution in [-0.2, 0) is 6.54 Å². The van der Waals surface area contributed by atoms with Crippen LogP contribution in [0.5, 0.6) is 0 Å². The van der Waals surface area contributed by atoms with E-state index in [2.05, 4.69) is 15.3 Å². The Balaban J connectivity index is 1.93. The number of benzene rings is 1. The number of hydrogen-bond acceptors (Lipinski definition) is 4. The average Bonchev–Trinajstić information content (AvgIpc) is 2.98. The van der Waals surface area contributed by atoms with Crippen LogP contribution in [0.25, 0.3) is 10.9 Å². The van der Waals surface area contributed by atoms with Gasteiger partial charge in [-0.05, 0) is 25.5 Å². The van der Waals surface area contributed by atoms with Gasteiger partial charge in [-0.25, -0.2) is 4.98 Å². The number of para-hydroxylation sites is 1. The van der Waals surface area contributed by atoms with Crippen molar-refractivity contribution in [1.29, 1.82) is 0 Å². The predicted molar refractivity (Wildman–Crippen MR) is 84.5 cm³/mol. The summed E-state index contributed by atoms with van der Waals surface area (Å²) in [6.45, 7) is 4.29. The van der Waals surface area contributed by atoms with Crippen LogP contribution in [0.1, 0.15) is 26.6 Å². The fraction of sp³-hybridized carbons (Fsp3) is 0.188. The van der Waals surface area contributed by atoms with E-state index in [4.69, 9.17) is 0 Å². The summed E-state index contributed by atoms with van der Waals surface area (Å²) >= 11 is 1.53. The highest BCUT2D eigenvalue weighted by molar-refractivity contribution is 7.09. The second kappa shape index (κ2) is 5.61.